The van der Waals surface area contributed by atoms with Crippen molar-refractivity contribution in [1.29, 1.82) is 0 Å². The van der Waals surface area contributed by atoms with E-state index in [1.165, 1.54) is 0 Å². The van der Waals surface area contributed by atoms with E-state index < -0.39 is 0 Å². The van der Waals surface area contributed by atoms with Crippen molar-refractivity contribution in [3.05, 3.63) is 75.7 Å². The van der Waals surface area contributed by atoms with Crippen molar-refractivity contribution < 1.29 is 4.79 Å². The molecule has 2 aromatic carbocycles. The molecule has 140 valence electrons. The highest BCUT2D eigenvalue weighted by Crippen LogP contribution is 2.28. The number of hydrogen-bond acceptors (Lipinski definition) is 3. The number of amides is 2. The number of nitrogens with zero attached hydrogens (tertiary/aromatic N) is 1. The maximum Gasteiger partial charge on any atom is 0.323 e. The summed E-state index contributed by atoms with van der Waals surface area (Å²) in [5, 5.41) is 13.9. The molecule has 0 radical (unpaired) electrons. The van der Waals surface area contributed by atoms with Crippen LogP contribution >= 0.6 is 11.6 Å². The predicted octanol–water partition coefficient (Wildman–Crippen LogP) is 4.52. The number of urea groups is 1. The van der Waals surface area contributed by atoms with Gasteiger partial charge in [0.05, 0.1) is 0 Å². The van der Waals surface area contributed by atoms with Crippen LogP contribution in [0.25, 0.3) is 22.2 Å². The summed E-state index contributed by atoms with van der Waals surface area (Å²) in [6.07, 6.45) is 0. The minimum absolute atomic E-state index is 0.225. The number of aryl methyl sites for hydroxylation is 1. The van der Waals surface area contributed by atoms with E-state index in [2.05, 4.69) is 25.8 Å². The summed E-state index contributed by atoms with van der Waals surface area (Å²) >= 11 is 5.92. The van der Waals surface area contributed by atoms with E-state index in [9.17, 15) is 9.59 Å². The Hall–Kier alpha value is -3.58. The summed E-state index contributed by atoms with van der Waals surface area (Å²) in [4.78, 5) is 26.8. The number of pyridine rings is 1. The maximum absolute atomic E-state index is 12.2. The van der Waals surface area contributed by atoms with E-state index in [-0.39, 0.29) is 11.6 Å². The van der Waals surface area contributed by atoms with Crippen LogP contribution in [0.2, 0.25) is 5.02 Å². The molecule has 0 aliphatic rings. The number of halogens is 1. The monoisotopic (exact) mass is 393 g/mol. The lowest BCUT2D eigenvalue weighted by Gasteiger charge is -2.09. The van der Waals surface area contributed by atoms with E-state index >= 15 is 0 Å². The van der Waals surface area contributed by atoms with Gasteiger partial charge in [-0.05, 0) is 48.4 Å². The SMILES string of the molecule is Cc1[nH]nc2[nH]c(=O)cc(-c3ccc(NC(=O)Nc4cccc(Cl)c4)cc3)c12. The van der Waals surface area contributed by atoms with Crippen molar-refractivity contribution in [2.24, 2.45) is 0 Å². The topological polar surface area (TPSA) is 103 Å². The van der Waals surface area contributed by atoms with Crippen LogP contribution in [0.15, 0.2) is 59.4 Å². The molecular weight excluding hydrogens is 378 g/mol. The lowest BCUT2D eigenvalue weighted by molar-refractivity contribution is 0.262. The van der Waals surface area contributed by atoms with E-state index in [1.807, 2.05) is 19.1 Å². The van der Waals surface area contributed by atoms with Crippen molar-refractivity contribution in [3.63, 3.8) is 0 Å². The number of nitrogens with one attached hydrogen (secondary N) is 4. The Labute approximate surface area is 164 Å². The van der Waals surface area contributed by atoms with Gasteiger partial charge in [-0.3, -0.25) is 9.89 Å². The quantitative estimate of drug-likeness (QED) is 0.411. The number of hydrogen-bond donors (Lipinski definition) is 4. The first-order valence-electron chi connectivity index (χ1n) is 8.51. The van der Waals surface area contributed by atoms with Gasteiger partial charge in [-0.25, -0.2) is 4.79 Å². The zero-order chi connectivity index (χ0) is 19.7. The molecule has 4 rings (SSSR count). The largest absolute Gasteiger partial charge is 0.323 e. The smallest absolute Gasteiger partial charge is 0.308 e. The number of carbonyl (C=O) groups is 1. The van der Waals surface area contributed by atoms with Crippen LogP contribution in [0.5, 0.6) is 0 Å². The highest BCUT2D eigenvalue weighted by atomic mass is 35.5. The normalized spacial score (nSPS) is 10.8. The van der Waals surface area contributed by atoms with E-state index in [1.54, 1.807) is 42.5 Å². The van der Waals surface area contributed by atoms with Gasteiger partial charge in [-0.1, -0.05) is 29.8 Å². The van der Waals surface area contributed by atoms with Crippen molar-refractivity contribution in [2.45, 2.75) is 6.92 Å². The van der Waals surface area contributed by atoms with Gasteiger partial charge in [0.2, 0.25) is 5.56 Å². The molecule has 2 amide bonds. The van der Waals surface area contributed by atoms with Crippen molar-refractivity contribution in [2.75, 3.05) is 10.6 Å². The van der Waals surface area contributed by atoms with Crippen LogP contribution in [-0.4, -0.2) is 21.2 Å². The van der Waals surface area contributed by atoms with E-state index in [0.29, 0.717) is 22.0 Å². The first-order valence-corrected chi connectivity index (χ1v) is 8.89. The molecule has 4 N–H and O–H groups in total. The zero-order valence-electron chi connectivity index (χ0n) is 14.8. The molecule has 0 unspecified atom stereocenters. The molecule has 0 bridgehead atoms. The Morgan fingerprint density at radius 1 is 1.04 bits per heavy atom. The van der Waals surface area contributed by atoms with Crippen LogP contribution in [-0.2, 0) is 0 Å². The van der Waals surface area contributed by atoms with Crippen LogP contribution in [0, 0.1) is 6.92 Å². The third-order valence-corrected chi connectivity index (χ3v) is 4.50. The van der Waals surface area contributed by atoms with Gasteiger partial charge >= 0.3 is 6.03 Å². The zero-order valence-corrected chi connectivity index (χ0v) is 15.6. The number of aromatic nitrogens is 3. The van der Waals surface area contributed by atoms with Crippen LogP contribution in [0.1, 0.15) is 5.69 Å². The number of benzene rings is 2. The summed E-state index contributed by atoms with van der Waals surface area (Å²) in [6, 6.07) is 15.3. The summed E-state index contributed by atoms with van der Waals surface area (Å²) in [7, 11) is 0. The Morgan fingerprint density at radius 3 is 2.54 bits per heavy atom. The number of anilines is 2. The summed E-state index contributed by atoms with van der Waals surface area (Å²) in [5.41, 5.74) is 4.00. The highest BCUT2D eigenvalue weighted by Gasteiger charge is 2.11. The molecule has 8 heteroatoms. The second-order valence-corrected chi connectivity index (χ2v) is 6.72. The molecule has 2 aromatic heterocycles. The summed E-state index contributed by atoms with van der Waals surface area (Å²) < 4.78 is 0. The third-order valence-electron chi connectivity index (χ3n) is 4.27. The van der Waals surface area contributed by atoms with Gasteiger partial charge in [-0.2, -0.15) is 5.10 Å². The first-order chi connectivity index (χ1) is 13.5. The van der Waals surface area contributed by atoms with Crippen molar-refractivity contribution in [1.82, 2.24) is 15.2 Å². The van der Waals surface area contributed by atoms with Gasteiger partial charge in [0.15, 0.2) is 5.65 Å². The molecule has 0 saturated heterocycles. The lowest BCUT2D eigenvalue weighted by Crippen LogP contribution is -2.19. The summed E-state index contributed by atoms with van der Waals surface area (Å²) in [5.74, 6) is 0. The maximum atomic E-state index is 12.2. The molecule has 0 atom stereocenters. The van der Waals surface area contributed by atoms with Gasteiger partial charge in [0.1, 0.15) is 0 Å². The minimum Gasteiger partial charge on any atom is -0.308 e. The second-order valence-electron chi connectivity index (χ2n) is 6.29. The second kappa shape index (κ2) is 7.21. The molecule has 0 spiro atoms. The fraction of sp³-hybridized carbons (Fsp3) is 0.0500. The molecule has 28 heavy (non-hydrogen) atoms. The fourth-order valence-corrected chi connectivity index (χ4v) is 3.22. The van der Waals surface area contributed by atoms with Crippen molar-refractivity contribution in [3.8, 4) is 11.1 Å². The Morgan fingerprint density at radius 2 is 1.79 bits per heavy atom. The van der Waals surface area contributed by atoms with Gasteiger partial charge in [0, 0.05) is 33.5 Å². The number of carbonyl (C=O) groups excluding carboxylic acids is 1. The number of fused-ring (bicyclic) bond motifs is 1. The molecule has 4 aromatic rings. The standard InChI is InChI=1S/C20H16ClN5O2/c1-11-18-16(10-17(27)24-19(18)26-25-11)12-5-7-14(8-6-12)22-20(28)23-15-4-2-3-13(21)9-15/h2-10H,1H3,(H2,22,23,28)(H2,24,25,26,27). The average molecular weight is 394 g/mol. The number of H-pyrrole nitrogens is 2. The Bertz CT molecular complexity index is 1230. The number of aromatic amines is 2. The van der Waals surface area contributed by atoms with Crippen LogP contribution in [0.4, 0.5) is 16.2 Å². The average Bonchev–Trinajstić information content (AvgIpc) is 3.02. The van der Waals surface area contributed by atoms with E-state index in [0.717, 1.165) is 22.2 Å². The Balaban J connectivity index is 1.55. The van der Waals surface area contributed by atoms with Gasteiger partial charge in [-0.15, -0.1) is 0 Å². The molecule has 0 fully saturated rings. The molecule has 0 aliphatic carbocycles. The van der Waals surface area contributed by atoms with E-state index in [4.69, 9.17) is 11.6 Å². The third kappa shape index (κ3) is 3.60. The Kier molecular flexibility index (Phi) is 4.58. The predicted molar refractivity (Wildman–Crippen MR) is 111 cm³/mol. The highest BCUT2D eigenvalue weighted by molar-refractivity contribution is 6.30. The summed E-state index contributed by atoms with van der Waals surface area (Å²) in [6.45, 7) is 1.90. The molecule has 0 aliphatic heterocycles. The minimum atomic E-state index is -0.376. The molecule has 2 heterocycles. The van der Waals surface area contributed by atoms with Gasteiger partial charge < -0.3 is 15.6 Å². The lowest BCUT2D eigenvalue weighted by atomic mass is 10.0. The number of rotatable bonds is 3. The van der Waals surface area contributed by atoms with Crippen LogP contribution < -0.4 is 16.2 Å². The fourth-order valence-electron chi connectivity index (χ4n) is 3.03. The van der Waals surface area contributed by atoms with Gasteiger partial charge in [0.25, 0.3) is 0 Å². The molecule has 0 saturated carbocycles. The van der Waals surface area contributed by atoms with Crippen LogP contribution in [0.3, 0.4) is 0 Å². The molecular formula is C20H16ClN5O2. The molecule has 7 nitrogen and oxygen atoms in total. The first kappa shape index (κ1) is 17.8. The van der Waals surface area contributed by atoms with Crippen molar-refractivity contribution >= 4 is 40.0 Å².